The van der Waals surface area contributed by atoms with Crippen LogP contribution in [0.1, 0.15) is 23.7 Å². The average Bonchev–Trinajstić information content (AvgIpc) is 3.06. The number of H-pyrrole nitrogens is 1. The molecule has 0 saturated heterocycles. The Kier molecular flexibility index (Phi) is 5.66. The van der Waals surface area contributed by atoms with E-state index >= 15 is 0 Å². The fraction of sp³-hybridized carbons (Fsp3) is 0.190. The van der Waals surface area contributed by atoms with E-state index in [1.165, 1.54) is 6.92 Å². The van der Waals surface area contributed by atoms with E-state index in [0.717, 1.165) is 16.5 Å². The Morgan fingerprint density at radius 2 is 1.70 bits per heavy atom. The molecule has 0 bridgehead atoms. The van der Waals surface area contributed by atoms with E-state index in [1.54, 1.807) is 0 Å². The molecule has 3 aromatic rings. The van der Waals surface area contributed by atoms with Crippen molar-refractivity contribution in [3.63, 3.8) is 0 Å². The first-order valence-electron chi connectivity index (χ1n) is 8.65. The molecule has 0 fully saturated rings. The molecule has 27 heavy (non-hydrogen) atoms. The van der Waals surface area contributed by atoms with Crippen LogP contribution in [0.2, 0.25) is 0 Å². The van der Waals surface area contributed by atoms with Crippen LogP contribution < -0.4 is 5.32 Å². The summed E-state index contributed by atoms with van der Waals surface area (Å²) in [5, 5.41) is 3.30. The first-order chi connectivity index (χ1) is 13.1. The molecule has 0 aliphatic rings. The van der Waals surface area contributed by atoms with E-state index in [2.05, 4.69) is 10.3 Å². The van der Waals surface area contributed by atoms with Gasteiger partial charge in [-0.3, -0.25) is 14.4 Å². The highest BCUT2D eigenvalue weighted by Crippen LogP contribution is 2.30. The Bertz CT molecular complexity index is 976. The lowest BCUT2D eigenvalue weighted by molar-refractivity contribution is -0.142. The van der Waals surface area contributed by atoms with Crippen LogP contribution in [0.5, 0.6) is 0 Å². The summed E-state index contributed by atoms with van der Waals surface area (Å²) in [6.07, 6.45) is 0.0201. The van der Waals surface area contributed by atoms with E-state index in [0.29, 0.717) is 11.3 Å². The van der Waals surface area contributed by atoms with Crippen molar-refractivity contribution in [2.75, 3.05) is 13.2 Å². The quantitative estimate of drug-likeness (QED) is 0.498. The summed E-state index contributed by atoms with van der Waals surface area (Å²) in [6.45, 7) is 1.21. The number of esters is 1. The molecule has 6 nitrogen and oxygen atoms in total. The Morgan fingerprint density at radius 1 is 1.00 bits per heavy atom. The molecule has 0 aliphatic carbocycles. The Labute approximate surface area is 156 Å². The van der Waals surface area contributed by atoms with Gasteiger partial charge in [0.15, 0.2) is 6.61 Å². The molecule has 1 amide bonds. The lowest BCUT2D eigenvalue weighted by Gasteiger charge is -2.07. The van der Waals surface area contributed by atoms with E-state index in [-0.39, 0.29) is 31.3 Å². The number of hydrogen-bond donors (Lipinski definition) is 2. The first-order valence-corrected chi connectivity index (χ1v) is 8.65. The number of hydrogen-bond acceptors (Lipinski definition) is 4. The van der Waals surface area contributed by atoms with Crippen LogP contribution >= 0.6 is 0 Å². The number of carbonyl (C=O) groups is 3. The topological polar surface area (TPSA) is 88.3 Å². The third kappa shape index (κ3) is 4.41. The van der Waals surface area contributed by atoms with Gasteiger partial charge < -0.3 is 15.0 Å². The number of nitrogens with one attached hydrogen (secondary N) is 2. The van der Waals surface area contributed by atoms with Gasteiger partial charge in [0.05, 0.1) is 17.7 Å². The highest BCUT2D eigenvalue weighted by atomic mass is 16.5. The standard InChI is InChI=1S/C21H20N2O4/c1-14(24)22-12-11-19(26)27-13-18(25)20-16-9-5-6-10-17(16)23-21(20)15-7-3-2-4-8-15/h2-10,23H,11-13H2,1H3,(H,22,24). The number of amides is 1. The lowest BCUT2D eigenvalue weighted by Crippen LogP contribution is -2.24. The van der Waals surface area contributed by atoms with E-state index in [1.807, 2.05) is 54.6 Å². The molecule has 0 spiro atoms. The zero-order chi connectivity index (χ0) is 19.2. The van der Waals surface area contributed by atoms with Crippen LogP contribution in [0.3, 0.4) is 0 Å². The molecule has 6 heteroatoms. The second-order valence-electron chi connectivity index (χ2n) is 6.10. The smallest absolute Gasteiger partial charge is 0.308 e. The van der Waals surface area contributed by atoms with Gasteiger partial charge in [-0.15, -0.1) is 0 Å². The zero-order valence-electron chi connectivity index (χ0n) is 15.0. The fourth-order valence-electron chi connectivity index (χ4n) is 2.88. The summed E-state index contributed by atoms with van der Waals surface area (Å²) in [7, 11) is 0. The largest absolute Gasteiger partial charge is 0.457 e. The molecule has 0 unspecified atom stereocenters. The summed E-state index contributed by atoms with van der Waals surface area (Å²) in [6, 6.07) is 17.1. The maximum atomic E-state index is 12.8. The molecule has 3 rings (SSSR count). The van der Waals surface area contributed by atoms with Crippen LogP contribution in [0, 0.1) is 0 Å². The summed E-state index contributed by atoms with van der Waals surface area (Å²) >= 11 is 0. The molecule has 0 atom stereocenters. The average molecular weight is 364 g/mol. The number of aromatic amines is 1. The second-order valence-corrected chi connectivity index (χ2v) is 6.10. The number of carbonyl (C=O) groups excluding carboxylic acids is 3. The van der Waals surface area contributed by atoms with Crippen molar-refractivity contribution in [1.82, 2.24) is 10.3 Å². The summed E-state index contributed by atoms with van der Waals surface area (Å²) in [5.41, 5.74) is 2.94. The van der Waals surface area contributed by atoms with Crippen LogP contribution in [0.4, 0.5) is 0 Å². The fourth-order valence-corrected chi connectivity index (χ4v) is 2.88. The van der Waals surface area contributed by atoms with Gasteiger partial charge in [0.2, 0.25) is 11.7 Å². The predicted octanol–water partition coefficient (Wildman–Crippen LogP) is 3.09. The first kappa shape index (κ1) is 18.4. The summed E-state index contributed by atoms with van der Waals surface area (Å²) in [5.74, 6) is -1.03. The van der Waals surface area contributed by atoms with Crippen molar-refractivity contribution in [3.05, 3.63) is 60.2 Å². The number of benzene rings is 2. The zero-order valence-corrected chi connectivity index (χ0v) is 15.0. The van der Waals surface area contributed by atoms with Crippen LogP contribution in [0.15, 0.2) is 54.6 Å². The molecule has 2 aromatic carbocycles. The molecule has 1 heterocycles. The number of ketones is 1. The van der Waals surface area contributed by atoms with Gasteiger partial charge >= 0.3 is 5.97 Å². The van der Waals surface area contributed by atoms with Crippen molar-refractivity contribution < 1.29 is 19.1 Å². The minimum Gasteiger partial charge on any atom is -0.457 e. The SMILES string of the molecule is CC(=O)NCCC(=O)OCC(=O)c1c(-c2ccccc2)[nH]c2ccccc12. The predicted molar refractivity (Wildman–Crippen MR) is 102 cm³/mol. The van der Waals surface area contributed by atoms with E-state index < -0.39 is 5.97 Å². The lowest BCUT2D eigenvalue weighted by atomic mass is 10.0. The molecule has 2 N–H and O–H groups in total. The third-order valence-electron chi connectivity index (χ3n) is 4.11. The number of rotatable bonds is 7. The van der Waals surface area contributed by atoms with E-state index in [4.69, 9.17) is 4.74 Å². The molecule has 0 radical (unpaired) electrons. The monoisotopic (exact) mass is 364 g/mol. The van der Waals surface area contributed by atoms with Gasteiger partial charge in [-0.05, 0) is 11.6 Å². The number of Topliss-reactive ketones (excluding diaryl/α,β-unsaturated/α-hetero) is 1. The number of ether oxygens (including phenoxy) is 1. The van der Waals surface area contributed by atoms with Crippen molar-refractivity contribution in [2.45, 2.75) is 13.3 Å². The van der Waals surface area contributed by atoms with Crippen molar-refractivity contribution in [1.29, 1.82) is 0 Å². The Hall–Kier alpha value is -3.41. The van der Waals surface area contributed by atoms with Gasteiger partial charge in [-0.2, -0.15) is 0 Å². The van der Waals surface area contributed by atoms with E-state index in [9.17, 15) is 14.4 Å². The van der Waals surface area contributed by atoms with Gasteiger partial charge in [-0.1, -0.05) is 48.5 Å². The summed E-state index contributed by atoms with van der Waals surface area (Å²) < 4.78 is 5.10. The molecule has 0 saturated carbocycles. The Morgan fingerprint density at radius 3 is 2.44 bits per heavy atom. The van der Waals surface area contributed by atoms with Gasteiger partial charge in [0.25, 0.3) is 0 Å². The maximum Gasteiger partial charge on any atom is 0.308 e. The normalized spacial score (nSPS) is 10.6. The molecule has 1 aromatic heterocycles. The van der Waals surface area contributed by atoms with Crippen molar-refractivity contribution in [3.8, 4) is 11.3 Å². The summed E-state index contributed by atoms with van der Waals surface area (Å²) in [4.78, 5) is 38.7. The van der Waals surface area contributed by atoms with Crippen molar-refractivity contribution >= 4 is 28.6 Å². The third-order valence-corrected chi connectivity index (χ3v) is 4.11. The molecular weight excluding hydrogens is 344 g/mol. The minimum atomic E-state index is -0.529. The number of aromatic nitrogens is 1. The van der Waals surface area contributed by atoms with Crippen LogP contribution in [0.25, 0.3) is 22.2 Å². The van der Waals surface area contributed by atoms with Crippen LogP contribution in [-0.2, 0) is 14.3 Å². The maximum absolute atomic E-state index is 12.8. The van der Waals surface area contributed by atoms with Crippen LogP contribution in [-0.4, -0.2) is 35.8 Å². The second kappa shape index (κ2) is 8.31. The highest BCUT2D eigenvalue weighted by molar-refractivity contribution is 6.14. The highest BCUT2D eigenvalue weighted by Gasteiger charge is 2.20. The van der Waals surface area contributed by atoms with Gasteiger partial charge in [-0.25, -0.2) is 0 Å². The Balaban J connectivity index is 1.80. The molecule has 0 aliphatic heterocycles. The van der Waals surface area contributed by atoms with Gasteiger partial charge in [0, 0.05) is 24.4 Å². The van der Waals surface area contributed by atoms with Crippen molar-refractivity contribution in [2.24, 2.45) is 0 Å². The van der Waals surface area contributed by atoms with Gasteiger partial charge in [0.1, 0.15) is 0 Å². The number of fused-ring (bicyclic) bond motifs is 1. The molecular formula is C21H20N2O4. The molecule has 138 valence electrons. The minimum absolute atomic E-state index is 0.0201. The number of para-hydroxylation sites is 1.